The molecular formula is C19H20N2O3S. The molecule has 1 heterocycles. The summed E-state index contributed by atoms with van der Waals surface area (Å²) in [4.78, 5) is 25.7. The second-order valence-corrected chi connectivity index (χ2v) is 7.07. The first kappa shape index (κ1) is 17.5. The quantitative estimate of drug-likeness (QED) is 0.489. The first-order valence-corrected chi connectivity index (χ1v) is 9.18. The number of likely N-dealkylation sites (tertiary alicyclic amines) is 1. The van der Waals surface area contributed by atoms with Gasteiger partial charge in [0.25, 0.3) is 5.91 Å². The number of rotatable bonds is 6. The van der Waals surface area contributed by atoms with E-state index < -0.39 is 16.9 Å². The van der Waals surface area contributed by atoms with Crippen LogP contribution in [0.5, 0.6) is 0 Å². The molecule has 0 aliphatic carbocycles. The highest BCUT2D eigenvalue weighted by atomic mass is 32.2. The summed E-state index contributed by atoms with van der Waals surface area (Å²) in [5.74, 6) is -0.697. The zero-order valence-corrected chi connectivity index (χ0v) is 14.7. The lowest BCUT2D eigenvalue weighted by Crippen LogP contribution is -2.70. The molecule has 1 saturated heterocycles. The number of amides is 1. The topological polar surface area (TPSA) is 72.6 Å². The minimum atomic E-state index is -0.952. The van der Waals surface area contributed by atoms with Crippen molar-refractivity contribution in [3.63, 3.8) is 0 Å². The van der Waals surface area contributed by atoms with Crippen LogP contribution in [0.2, 0.25) is 0 Å². The molecule has 2 aromatic carbocycles. The van der Waals surface area contributed by atoms with E-state index in [-0.39, 0.29) is 12.5 Å². The summed E-state index contributed by atoms with van der Waals surface area (Å²) in [7, 11) is 0. The summed E-state index contributed by atoms with van der Waals surface area (Å²) in [6.45, 7) is 0.480. The van der Waals surface area contributed by atoms with Gasteiger partial charge in [-0.25, -0.2) is 4.79 Å². The maximum Gasteiger partial charge on any atom is 0.333 e. The van der Waals surface area contributed by atoms with Crippen molar-refractivity contribution in [1.29, 1.82) is 0 Å². The standard InChI is InChI=1S/C19H20N2O3S/c1-25-19(20)13-21(18(19)23)16(15-10-6-3-7-11-15)17(22)24-12-14-8-4-2-5-9-14/h2-11,16H,12-13,20H2,1H3. The zero-order valence-electron chi connectivity index (χ0n) is 13.9. The normalized spacial score (nSPS) is 20.7. The van der Waals surface area contributed by atoms with E-state index in [4.69, 9.17) is 10.5 Å². The van der Waals surface area contributed by atoms with E-state index in [1.54, 1.807) is 6.26 Å². The molecule has 6 heteroatoms. The van der Waals surface area contributed by atoms with E-state index in [1.807, 2.05) is 60.7 Å². The van der Waals surface area contributed by atoms with Gasteiger partial charge in [-0.2, -0.15) is 0 Å². The van der Waals surface area contributed by atoms with E-state index >= 15 is 0 Å². The number of nitrogens with zero attached hydrogens (tertiary/aromatic N) is 1. The predicted molar refractivity (Wildman–Crippen MR) is 97.6 cm³/mol. The number of nitrogens with two attached hydrogens (primary N) is 1. The third-order valence-electron chi connectivity index (χ3n) is 4.27. The van der Waals surface area contributed by atoms with Gasteiger partial charge < -0.3 is 15.4 Å². The van der Waals surface area contributed by atoms with Gasteiger partial charge in [0.2, 0.25) is 0 Å². The van der Waals surface area contributed by atoms with Crippen molar-refractivity contribution in [3.8, 4) is 0 Å². The van der Waals surface area contributed by atoms with Crippen molar-refractivity contribution < 1.29 is 14.3 Å². The number of ether oxygens (including phenoxy) is 1. The molecule has 0 bridgehead atoms. The van der Waals surface area contributed by atoms with E-state index in [0.717, 1.165) is 11.1 Å². The Kier molecular flexibility index (Phi) is 5.11. The second kappa shape index (κ2) is 7.29. The summed E-state index contributed by atoms with van der Waals surface area (Å²) in [5, 5.41) is 0. The molecule has 2 atom stereocenters. The molecule has 1 amide bonds. The number of β-lactam (4-membered cyclic amide) rings is 1. The Morgan fingerprint density at radius 3 is 2.36 bits per heavy atom. The first-order valence-electron chi connectivity index (χ1n) is 7.96. The second-order valence-electron chi connectivity index (χ2n) is 5.93. The van der Waals surface area contributed by atoms with Gasteiger partial charge >= 0.3 is 5.97 Å². The van der Waals surface area contributed by atoms with Crippen LogP contribution in [0.3, 0.4) is 0 Å². The molecular weight excluding hydrogens is 336 g/mol. The Balaban J connectivity index is 1.78. The van der Waals surface area contributed by atoms with Crippen LogP contribution in [0.1, 0.15) is 17.2 Å². The number of hydrogen-bond donors (Lipinski definition) is 1. The van der Waals surface area contributed by atoms with Crippen molar-refractivity contribution >= 4 is 23.6 Å². The molecule has 1 fully saturated rings. The lowest BCUT2D eigenvalue weighted by Gasteiger charge is -2.48. The number of benzene rings is 2. The highest BCUT2D eigenvalue weighted by Crippen LogP contribution is 2.37. The fourth-order valence-electron chi connectivity index (χ4n) is 2.79. The maximum absolute atomic E-state index is 12.7. The van der Waals surface area contributed by atoms with Gasteiger partial charge in [-0.15, -0.1) is 11.8 Å². The van der Waals surface area contributed by atoms with Crippen molar-refractivity contribution in [2.75, 3.05) is 12.8 Å². The molecule has 25 heavy (non-hydrogen) atoms. The number of esters is 1. The van der Waals surface area contributed by atoms with Crippen LogP contribution < -0.4 is 5.73 Å². The fourth-order valence-corrected chi connectivity index (χ4v) is 3.35. The summed E-state index contributed by atoms with van der Waals surface area (Å²) >= 11 is 1.29. The summed E-state index contributed by atoms with van der Waals surface area (Å²) in [6.07, 6.45) is 1.79. The molecule has 1 aliphatic rings. The van der Waals surface area contributed by atoms with Crippen molar-refractivity contribution in [2.24, 2.45) is 5.73 Å². The van der Waals surface area contributed by atoms with Crippen LogP contribution in [0.15, 0.2) is 60.7 Å². The van der Waals surface area contributed by atoms with E-state index in [1.165, 1.54) is 16.7 Å². The van der Waals surface area contributed by atoms with Gasteiger partial charge in [-0.3, -0.25) is 4.79 Å². The third kappa shape index (κ3) is 3.55. The molecule has 2 N–H and O–H groups in total. The molecule has 3 rings (SSSR count). The Labute approximate surface area is 151 Å². The lowest BCUT2D eigenvalue weighted by molar-refractivity contribution is -0.164. The molecule has 2 unspecified atom stereocenters. The summed E-state index contributed by atoms with van der Waals surface area (Å²) in [5.41, 5.74) is 7.65. The van der Waals surface area contributed by atoms with Crippen LogP contribution >= 0.6 is 11.8 Å². The van der Waals surface area contributed by atoms with E-state index in [2.05, 4.69) is 0 Å². The smallest absolute Gasteiger partial charge is 0.333 e. The van der Waals surface area contributed by atoms with Gasteiger partial charge in [0.05, 0.1) is 6.54 Å². The molecule has 5 nitrogen and oxygen atoms in total. The molecule has 2 aromatic rings. The van der Waals surface area contributed by atoms with Gasteiger partial charge in [0, 0.05) is 0 Å². The van der Waals surface area contributed by atoms with Crippen molar-refractivity contribution in [1.82, 2.24) is 4.90 Å². The van der Waals surface area contributed by atoms with Crippen LogP contribution in [-0.4, -0.2) is 34.4 Å². The van der Waals surface area contributed by atoms with Gasteiger partial charge in [0.15, 0.2) is 10.9 Å². The fraction of sp³-hybridized carbons (Fsp3) is 0.263. The van der Waals surface area contributed by atoms with Gasteiger partial charge in [-0.1, -0.05) is 60.7 Å². The highest BCUT2D eigenvalue weighted by molar-refractivity contribution is 8.00. The van der Waals surface area contributed by atoms with Crippen molar-refractivity contribution in [3.05, 3.63) is 71.8 Å². The maximum atomic E-state index is 12.7. The van der Waals surface area contributed by atoms with E-state index in [9.17, 15) is 9.59 Å². The predicted octanol–water partition coefficient (Wildman–Crippen LogP) is 2.33. The average molecular weight is 356 g/mol. The zero-order chi connectivity index (χ0) is 17.9. The summed E-state index contributed by atoms with van der Waals surface area (Å²) < 4.78 is 5.47. The largest absolute Gasteiger partial charge is 0.459 e. The van der Waals surface area contributed by atoms with Crippen LogP contribution in [0, 0.1) is 0 Å². The number of thioether (sulfide) groups is 1. The van der Waals surface area contributed by atoms with Crippen molar-refractivity contribution in [2.45, 2.75) is 17.5 Å². The summed E-state index contributed by atoms with van der Waals surface area (Å²) in [6, 6.07) is 17.8. The number of carbonyl (C=O) groups is 2. The van der Waals surface area contributed by atoms with Gasteiger partial charge in [-0.05, 0) is 17.4 Å². The molecule has 0 radical (unpaired) electrons. The first-order chi connectivity index (χ1) is 12.0. The van der Waals surface area contributed by atoms with E-state index in [0.29, 0.717) is 6.54 Å². The minimum Gasteiger partial charge on any atom is -0.459 e. The SMILES string of the molecule is CSC1(N)CN(C(C(=O)OCc2ccccc2)c2ccccc2)C1=O. The Bertz CT molecular complexity index is 754. The molecule has 0 aromatic heterocycles. The third-order valence-corrected chi connectivity index (χ3v) is 5.30. The average Bonchev–Trinajstić information content (AvgIpc) is 2.67. The minimum absolute atomic E-state index is 0.168. The van der Waals surface area contributed by atoms with Crippen LogP contribution in [-0.2, 0) is 20.9 Å². The van der Waals surface area contributed by atoms with Gasteiger partial charge in [0.1, 0.15) is 6.61 Å². The van der Waals surface area contributed by atoms with Crippen LogP contribution in [0.4, 0.5) is 0 Å². The number of carbonyl (C=O) groups excluding carboxylic acids is 2. The molecule has 130 valence electrons. The monoisotopic (exact) mass is 356 g/mol. The highest BCUT2D eigenvalue weighted by Gasteiger charge is 2.53. The Morgan fingerprint density at radius 2 is 1.80 bits per heavy atom. The Morgan fingerprint density at radius 1 is 1.20 bits per heavy atom. The number of hydrogen-bond acceptors (Lipinski definition) is 5. The Hall–Kier alpha value is -2.31. The molecule has 1 aliphatic heterocycles. The van der Waals surface area contributed by atoms with Crippen LogP contribution in [0.25, 0.3) is 0 Å². The molecule has 0 spiro atoms. The lowest BCUT2D eigenvalue weighted by atomic mass is 9.98. The molecule has 0 saturated carbocycles.